The summed E-state index contributed by atoms with van der Waals surface area (Å²) in [5, 5.41) is 7.30. The SMILES string of the molecule is C=Cc1cccc2c1c1ccccc1n2-c1cccc(-c2nc(-c3cccc(-n4c5ccccc5c5ccccc54)c3)cc(-c3cccc(-n4c5ccccc5c5ccccc54)c3)n2)c1. The standard InChI is InChI=1S/C60H39N5/c1-2-39-17-16-34-58-59(39)50-28-7-12-33-57(50)65(58)45-23-15-20-42(37-45)60-61-51(40-18-13-21-43(35-40)63-53-29-8-3-24-46(53)47-25-4-9-30-54(47)63)38-52(62-60)41-19-14-22-44(36-41)64-55-31-10-5-26-48(55)49-27-6-11-32-56(49)64/h2-38H,1H2. The van der Waals surface area contributed by atoms with Crippen LogP contribution in [0.2, 0.25) is 0 Å². The molecule has 0 radical (unpaired) electrons. The average molecular weight is 830 g/mol. The zero-order chi connectivity index (χ0) is 43.0. The number of aromatic nitrogens is 5. The predicted molar refractivity (Wildman–Crippen MR) is 271 cm³/mol. The fraction of sp³-hybridized carbons (Fsp3) is 0. The number of rotatable bonds is 7. The molecule has 0 unspecified atom stereocenters. The van der Waals surface area contributed by atoms with Gasteiger partial charge in [-0.05, 0) is 84.4 Å². The van der Waals surface area contributed by atoms with Crippen LogP contribution < -0.4 is 0 Å². The molecule has 0 saturated carbocycles. The molecule has 4 heterocycles. The second kappa shape index (κ2) is 14.7. The van der Waals surface area contributed by atoms with E-state index in [1.165, 1.54) is 54.4 Å². The van der Waals surface area contributed by atoms with Gasteiger partial charge in [0.05, 0.1) is 44.5 Å². The Hall–Kier alpha value is -8.80. The van der Waals surface area contributed by atoms with Crippen LogP contribution in [-0.4, -0.2) is 23.7 Å². The Kier molecular flexibility index (Phi) is 8.30. The maximum absolute atomic E-state index is 5.43. The van der Waals surface area contributed by atoms with E-state index in [9.17, 15) is 0 Å². The molecule has 13 aromatic rings. The second-order valence-electron chi connectivity index (χ2n) is 16.7. The smallest absolute Gasteiger partial charge is 0.160 e. The highest BCUT2D eigenvalue weighted by Gasteiger charge is 2.19. The third-order valence-corrected chi connectivity index (χ3v) is 13.0. The Bertz CT molecular complexity index is 3770. The third kappa shape index (κ3) is 5.79. The lowest BCUT2D eigenvalue weighted by atomic mass is 10.0. The number of hydrogen-bond donors (Lipinski definition) is 0. The van der Waals surface area contributed by atoms with E-state index in [1.807, 2.05) is 6.08 Å². The van der Waals surface area contributed by atoms with E-state index in [2.05, 4.69) is 239 Å². The van der Waals surface area contributed by atoms with Crippen LogP contribution in [0, 0.1) is 0 Å². The topological polar surface area (TPSA) is 40.6 Å². The highest BCUT2D eigenvalue weighted by atomic mass is 15.0. The molecule has 65 heavy (non-hydrogen) atoms. The van der Waals surface area contributed by atoms with Crippen molar-refractivity contribution in [2.75, 3.05) is 0 Å². The van der Waals surface area contributed by atoms with E-state index >= 15 is 0 Å². The van der Waals surface area contributed by atoms with Gasteiger partial charge in [0.25, 0.3) is 0 Å². The van der Waals surface area contributed by atoms with Crippen LogP contribution in [0.4, 0.5) is 0 Å². The van der Waals surface area contributed by atoms with Crippen molar-refractivity contribution in [2.24, 2.45) is 0 Å². The second-order valence-corrected chi connectivity index (χ2v) is 16.7. The lowest BCUT2D eigenvalue weighted by molar-refractivity contribution is 1.15. The zero-order valence-electron chi connectivity index (χ0n) is 35.3. The first-order valence-corrected chi connectivity index (χ1v) is 22.0. The van der Waals surface area contributed by atoms with E-state index in [0.29, 0.717) is 5.82 Å². The Morgan fingerprint density at radius 2 is 0.677 bits per heavy atom. The van der Waals surface area contributed by atoms with Crippen molar-refractivity contribution >= 4 is 71.5 Å². The van der Waals surface area contributed by atoms with Crippen LogP contribution in [0.15, 0.2) is 225 Å². The fourth-order valence-corrected chi connectivity index (χ4v) is 10.2. The molecule has 4 aromatic heterocycles. The van der Waals surface area contributed by atoms with Gasteiger partial charge in [0.2, 0.25) is 0 Å². The molecule has 9 aromatic carbocycles. The molecular weight excluding hydrogens is 791 g/mol. The van der Waals surface area contributed by atoms with Crippen molar-refractivity contribution in [3.8, 4) is 51.0 Å². The summed E-state index contributed by atoms with van der Waals surface area (Å²) in [5.41, 5.74) is 15.8. The molecular formula is C60H39N5. The van der Waals surface area contributed by atoms with Crippen LogP contribution in [0.5, 0.6) is 0 Å². The minimum absolute atomic E-state index is 0.649. The van der Waals surface area contributed by atoms with E-state index in [4.69, 9.17) is 9.97 Å². The molecule has 0 atom stereocenters. The first-order valence-electron chi connectivity index (χ1n) is 22.0. The van der Waals surface area contributed by atoms with E-state index in [1.54, 1.807) is 0 Å². The molecule has 0 aliphatic heterocycles. The van der Waals surface area contributed by atoms with Gasteiger partial charge in [-0.1, -0.05) is 152 Å². The minimum Gasteiger partial charge on any atom is -0.309 e. The molecule has 5 heteroatoms. The van der Waals surface area contributed by atoms with Crippen molar-refractivity contribution in [1.29, 1.82) is 0 Å². The van der Waals surface area contributed by atoms with Crippen LogP contribution >= 0.6 is 0 Å². The van der Waals surface area contributed by atoms with Crippen LogP contribution in [-0.2, 0) is 0 Å². The molecule has 0 fully saturated rings. The maximum Gasteiger partial charge on any atom is 0.160 e. The van der Waals surface area contributed by atoms with Crippen LogP contribution in [0.3, 0.4) is 0 Å². The summed E-state index contributed by atoms with van der Waals surface area (Å²) < 4.78 is 7.06. The van der Waals surface area contributed by atoms with Crippen molar-refractivity contribution in [3.05, 3.63) is 231 Å². The molecule has 13 rings (SSSR count). The van der Waals surface area contributed by atoms with Gasteiger partial charge >= 0.3 is 0 Å². The summed E-state index contributed by atoms with van der Waals surface area (Å²) in [6, 6.07) is 77.9. The Morgan fingerprint density at radius 1 is 0.323 bits per heavy atom. The number of benzene rings is 9. The van der Waals surface area contributed by atoms with E-state index < -0.39 is 0 Å². The molecule has 304 valence electrons. The molecule has 0 N–H and O–H groups in total. The summed E-state index contributed by atoms with van der Waals surface area (Å²) in [7, 11) is 0. The van der Waals surface area contributed by atoms with Gasteiger partial charge in [-0.2, -0.15) is 0 Å². The third-order valence-electron chi connectivity index (χ3n) is 13.0. The highest BCUT2D eigenvalue weighted by molar-refractivity contribution is 6.13. The van der Waals surface area contributed by atoms with Gasteiger partial charge < -0.3 is 13.7 Å². The maximum atomic E-state index is 5.43. The van der Waals surface area contributed by atoms with Gasteiger partial charge in [-0.3, -0.25) is 0 Å². The van der Waals surface area contributed by atoms with Crippen molar-refractivity contribution < 1.29 is 0 Å². The first kappa shape index (κ1) is 36.8. The molecule has 0 spiro atoms. The van der Waals surface area contributed by atoms with Gasteiger partial charge in [0.15, 0.2) is 5.82 Å². The Labute approximate surface area is 375 Å². The van der Waals surface area contributed by atoms with Crippen molar-refractivity contribution in [2.45, 2.75) is 0 Å². The number of nitrogens with zero attached hydrogens (tertiary/aromatic N) is 5. The van der Waals surface area contributed by atoms with Crippen LogP contribution in [0.1, 0.15) is 5.56 Å². The molecule has 5 nitrogen and oxygen atoms in total. The molecule has 0 aliphatic carbocycles. The number of para-hydroxylation sites is 5. The highest BCUT2D eigenvalue weighted by Crippen LogP contribution is 2.38. The van der Waals surface area contributed by atoms with Gasteiger partial charge in [0.1, 0.15) is 0 Å². The number of fused-ring (bicyclic) bond motifs is 9. The van der Waals surface area contributed by atoms with Crippen LogP contribution in [0.25, 0.3) is 122 Å². The van der Waals surface area contributed by atoms with Gasteiger partial charge in [-0.25, -0.2) is 9.97 Å². The van der Waals surface area contributed by atoms with E-state index in [-0.39, 0.29) is 0 Å². The summed E-state index contributed by atoms with van der Waals surface area (Å²) >= 11 is 0. The lowest BCUT2D eigenvalue weighted by Crippen LogP contribution is -2.00. The fourth-order valence-electron chi connectivity index (χ4n) is 10.2. The van der Waals surface area contributed by atoms with Gasteiger partial charge in [-0.15, -0.1) is 0 Å². The van der Waals surface area contributed by atoms with Gasteiger partial charge in [0, 0.05) is 66.1 Å². The Balaban J connectivity index is 1.02. The summed E-state index contributed by atoms with van der Waals surface area (Å²) in [6.07, 6.45) is 1.95. The zero-order valence-corrected chi connectivity index (χ0v) is 35.3. The largest absolute Gasteiger partial charge is 0.309 e. The summed E-state index contributed by atoms with van der Waals surface area (Å²) in [5.74, 6) is 0.649. The monoisotopic (exact) mass is 829 g/mol. The Morgan fingerprint density at radius 3 is 1.14 bits per heavy atom. The number of hydrogen-bond acceptors (Lipinski definition) is 2. The van der Waals surface area contributed by atoms with Crippen molar-refractivity contribution in [3.63, 3.8) is 0 Å². The lowest BCUT2D eigenvalue weighted by Gasteiger charge is -2.14. The average Bonchev–Trinajstić information content (AvgIpc) is 4.02. The van der Waals surface area contributed by atoms with E-state index in [0.717, 1.165) is 61.7 Å². The van der Waals surface area contributed by atoms with Crippen molar-refractivity contribution in [1.82, 2.24) is 23.7 Å². The predicted octanol–water partition coefficient (Wildman–Crippen LogP) is 15.4. The normalized spacial score (nSPS) is 11.8. The quantitative estimate of drug-likeness (QED) is 0.161. The molecule has 0 bridgehead atoms. The minimum atomic E-state index is 0.649. The molecule has 0 aliphatic rings. The summed E-state index contributed by atoms with van der Waals surface area (Å²) in [4.78, 5) is 10.9. The molecule has 0 amide bonds. The first-order chi connectivity index (χ1) is 32.2. The summed E-state index contributed by atoms with van der Waals surface area (Å²) in [6.45, 7) is 4.15. The molecule has 0 saturated heterocycles.